The minimum atomic E-state index is -0.115. The van der Waals surface area contributed by atoms with E-state index in [1.54, 1.807) is 6.20 Å². The quantitative estimate of drug-likeness (QED) is 0.574. The maximum Gasteiger partial charge on any atom is 0.125 e. The molecule has 2 fully saturated rings. The van der Waals surface area contributed by atoms with Gasteiger partial charge in [-0.1, -0.05) is 0 Å². The molecule has 2 aliphatic heterocycles. The van der Waals surface area contributed by atoms with Crippen LogP contribution in [0.1, 0.15) is 18.2 Å². The van der Waals surface area contributed by atoms with Crippen LogP contribution in [-0.4, -0.2) is 78.0 Å². The molecule has 9 nitrogen and oxygen atoms in total. The molecule has 9 heteroatoms. The number of fused-ring (bicyclic) bond motifs is 1. The lowest BCUT2D eigenvalue weighted by Gasteiger charge is -2.42. The van der Waals surface area contributed by atoms with E-state index in [0.29, 0.717) is 17.1 Å². The van der Waals surface area contributed by atoms with Crippen LogP contribution in [-0.2, 0) is 11.3 Å². The number of hydrogen-bond acceptors (Lipinski definition) is 9. The number of aromatic nitrogens is 2. The summed E-state index contributed by atoms with van der Waals surface area (Å²) in [4.78, 5) is 15.7. The fourth-order valence-corrected chi connectivity index (χ4v) is 5.20. The molecule has 0 bridgehead atoms. The van der Waals surface area contributed by atoms with Crippen LogP contribution in [0.25, 0.3) is 10.9 Å². The number of nitriles is 1. The van der Waals surface area contributed by atoms with Crippen LogP contribution in [0.5, 0.6) is 0 Å². The number of nitrogens with zero attached hydrogens (tertiary/aromatic N) is 6. The lowest BCUT2D eigenvalue weighted by molar-refractivity contribution is -0.0327. The number of anilines is 3. The predicted octanol–water partition coefficient (Wildman–Crippen LogP) is 1.99. The summed E-state index contributed by atoms with van der Waals surface area (Å²) < 4.78 is 6.34. The predicted molar refractivity (Wildman–Crippen MR) is 136 cm³/mol. The van der Waals surface area contributed by atoms with Gasteiger partial charge in [-0.3, -0.25) is 9.88 Å². The summed E-state index contributed by atoms with van der Waals surface area (Å²) in [7, 11) is 0. The van der Waals surface area contributed by atoms with E-state index in [1.807, 2.05) is 36.4 Å². The average Bonchev–Trinajstić information content (AvgIpc) is 2.87. The van der Waals surface area contributed by atoms with Gasteiger partial charge in [0.25, 0.3) is 0 Å². The molecule has 3 aromatic rings. The van der Waals surface area contributed by atoms with Gasteiger partial charge in [-0.05, 0) is 37.3 Å². The first kappa shape index (κ1) is 23.3. The van der Waals surface area contributed by atoms with Gasteiger partial charge in [0.05, 0.1) is 35.6 Å². The average molecular weight is 474 g/mol. The molecule has 3 N–H and O–H groups in total. The van der Waals surface area contributed by atoms with Gasteiger partial charge in [0.2, 0.25) is 0 Å². The van der Waals surface area contributed by atoms with E-state index in [2.05, 4.69) is 37.7 Å². The number of aliphatic hydroxyl groups is 1. The van der Waals surface area contributed by atoms with E-state index in [-0.39, 0.29) is 18.8 Å². The van der Waals surface area contributed by atoms with Crippen molar-refractivity contribution < 1.29 is 9.84 Å². The molecular weight excluding hydrogens is 442 g/mol. The second kappa shape index (κ2) is 10.0. The molecule has 0 unspecified atom stereocenters. The molecule has 2 aromatic heterocycles. The lowest BCUT2D eigenvalue weighted by Crippen LogP contribution is -2.54. The Balaban J connectivity index is 1.25. The summed E-state index contributed by atoms with van der Waals surface area (Å²) in [6, 6.07) is 13.9. The van der Waals surface area contributed by atoms with Crippen LogP contribution in [0.2, 0.25) is 0 Å². The van der Waals surface area contributed by atoms with Gasteiger partial charge < -0.3 is 25.4 Å². The number of nitrogens with two attached hydrogens (primary N) is 1. The van der Waals surface area contributed by atoms with E-state index in [4.69, 9.17) is 10.5 Å². The normalized spacial score (nSPS) is 21.3. The van der Waals surface area contributed by atoms with E-state index < -0.39 is 0 Å². The smallest absolute Gasteiger partial charge is 0.125 e. The van der Waals surface area contributed by atoms with Gasteiger partial charge in [-0.15, -0.1) is 0 Å². The standard InChI is InChI=1S/C26H31N7O2/c1-18-14-33(24-5-4-19(13-27)26-23(24)3-2-6-29-26)16-22(35-18)15-31-7-9-32(10-8-31)21-11-20(17-34)30-25(28)12-21/h2-6,11-12,18,22,34H,7-10,14-17H2,1H3,(H2,28,30)/t18-,22+/m1/s1. The van der Waals surface area contributed by atoms with E-state index in [9.17, 15) is 10.4 Å². The van der Waals surface area contributed by atoms with Crippen molar-refractivity contribution in [1.29, 1.82) is 5.26 Å². The van der Waals surface area contributed by atoms with Gasteiger partial charge in [-0.2, -0.15) is 5.26 Å². The topological polar surface area (TPSA) is 115 Å². The monoisotopic (exact) mass is 473 g/mol. The molecular formula is C26H31N7O2. The largest absolute Gasteiger partial charge is 0.390 e. The Morgan fingerprint density at radius 2 is 1.97 bits per heavy atom. The first-order valence-electron chi connectivity index (χ1n) is 12.1. The second-order valence-corrected chi connectivity index (χ2v) is 9.30. The molecule has 0 aliphatic carbocycles. The summed E-state index contributed by atoms with van der Waals surface area (Å²) in [6.45, 7) is 8.07. The number of aliphatic hydroxyl groups excluding tert-OH is 1. The molecule has 0 amide bonds. The molecule has 1 aromatic carbocycles. The van der Waals surface area contributed by atoms with Crippen LogP contribution in [0.4, 0.5) is 17.2 Å². The van der Waals surface area contributed by atoms with Crippen LogP contribution in [0, 0.1) is 11.3 Å². The van der Waals surface area contributed by atoms with Crippen molar-refractivity contribution in [2.24, 2.45) is 0 Å². The van der Waals surface area contributed by atoms with Gasteiger partial charge >= 0.3 is 0 Å². The Hall–Kier alpha value is -3.45. The molecule has 2 saturated heterocycles. The molecule has 2 aliphatic rings. The molecule has 0 radical (unpaired) electrons. The molecule has 4 heterocycles. The van der Waals surface area contributed by atoms with Crippen molar-refractivity contribution in [2.45, 2.75) is 25.7 Å². The molecule has 5 rings (SSSR count). The van der Waals surface area contributed by atoms with Gasteiger partial charge in [0.15, 0.2) is 0 Å². The molecule has 0 spiro atoms. The van der Waals surface area contributed by atoms with Crippen molar-refractivity contribution >= 4 is 28.1 Å². The van der Waals surface area contributed by atoms with Crippen LogP contribution >= 0.6 is 0 Å². The van der Waals surface area contributed by atoms with Crippen molar-refractivity contribution in [3.05, 3.63) is 53.9 Å². The Kier molecular flexibility index (Phi) is 6.68. The summed E-state index contributed by atoms with van der Waals surface area (Å²) in [6.07, 6.45) is 1.93. The van der Waals surface area contributed by atoms with E-state index in [0.717, 1.165) is 68.1 Å². The van der Waals surface area contributed by atoms with Gasteiger partial charge in [0, 0.05) is 74.8 Å². The van der Waals surface area contributed by atoms with Crippen LogP contribution in [0.3, 0.4) is 0 Å². The zero-order chi connectivity index (χ0) is 24.4. The lowest BCUT2D eigenvalue weighted by atomic mass is 10.1. The zero-order valence-corrected chi connectivity index (χ0v) is 20.0. The Morgan fingerprint density at radius 3 is 2.74 bits per heavy atom. The van der Waals surface area contributed by atoms with Crippen molar-refractivity contribution in [1.82, 2.24) is 14.9 Å². The number of morpholine rings is 1. The van der Waals surface area contributed by atoms with E-state index in [1.165, 1.54) is 0 Å². The Morgan fingerprint density at radius 1 is 1.14 bits per heavy atom. The highest BCUT2D eigenvalue weighted by atomic mass is 16.5. The number of piperazine rings is 1. The second-order valence-electron chi connectivity index (χ2n) is 9.30. The fraction of sp³-hybridized carbons (Fsp3) is 0.423. The number of ether oxygens (including phenoxy) is 1. The molecule has 35 heavy (non-hydrogen) atoms. The third-order valence-corrected chi connectivity index (χ3v) is 6.78. The molecule has 182 valence electrons. The van der Waals surface area contributed by atoms with Crippen molar-refractivity contribution in [2.75, 3.05) is 61.3 Å². The minimum absolute atomic E-state index is 0.0882. The van der Waals surface area contributed by atoms with Crippen molar-refractivity contribution in [3.8, 4) is 6.07 Å². The van der Waals surface area contributed by atoms with Gasteiger partial charge in [-0.25, -0.2) is 4.98 Å². The Labute approximate surface area is 205 Å². The summed E-state index contributed by atoms with van der Waals surface area (Å²) in [5.41, 5.74) is 9.98. The van der Waals surface area contributed by atoms with Crippen molar-refractivity contribution in [3.63, 3.8) is 0 Å². The highest BCUT2D eigenvalue weighted by molar-refractivity contribution is 5.95. The minimum Gasteiger partial charge on any atom is -0.390 e. The van der Waals surface area contributed by atoms with Gasteiger partial charge in [0.1, 0.15) is 11.9 Å². The SMILES string of the molecule is C[C@@H]1CN(c2ccc(C#N)c3ncccc23)C[C@H](CN2CCN(c3cc(N)nc(CO)c3)CC2)O1. The first-order chi connectivity index (χ1) is 17.0. The highest BCUT2D eigenvalue weighted by Crippen LogP contribution is 2.30. The Bertz CT molecular complexity index is 1240. The maximum absolute atomic E-state index is 9.48. The number of hydrogen-bond donors (Lipinski definition) is 2. The fourth-order valence-electron chi connectivity index (χ4n) is 5.20. The third-order valence-electron chi connectivity index (χ3n) is 6.78. The summed E-state index contributed by atoms with van der Waals surface area (Å²) in [5, 5.41) is 19.9. The highest BCUT2D eigenvalue weighted by Gasteiger charge is 2.29. The third kappa shape index (κ3) is 5.00. The maximum atomic E-state index is 9.48. The molecule has 0 saturated carbocycles. The number of pyridine rings is 2. The zero-order valence-electron chi connectivity index (χ0n) is 20.0. The van der Waals surface area contributed by atoms with Crippen LogP contribution < -0.4 is 15.5 Å². The first-order valence-corrected chi connectivity index (χ1v) is 12.1. The van der Waals surface area contributed by atoms with E-state index >= 15 is 0 Å². The number of nitrogen functional groups attached to an aromatic ring is 1. The number of rotatable bonds is 5. The summed E-state index contributed by atoms with van der Waals surface area (Å²) in [5.74, 6) is 0.434. The molecule has 2 atom stereocenters. The number of benzene rings is 1. The summed E-state index contributed by atoms with van der Waals surface area (Å²) >= 11 is 0. The van der Waals surface area contributed by atoms with Crippen LogP contribution in [0.15, 0.2) is 42.6 Å².